The zero-order valence-electron chi connectivity index (χ0n) is 11.2. The predicted octanol–water partition coefficient (Wildman–Crippen LogP) is 5.49. The molecule has 108 valence electrons. The summed E-state index contributed by atoms with van der Waals surface area (Å²) >= 11 is 13.3. The van der Waals surface area contributed by atoms with E-state index < -0.39 is 0 Å². The molecule has 0 unspecified atom stereocenters. The van der Waals surface area contributed by atoms with Gasteiger partial charge in [0.25, 0.3) is 0 Å². The molecule has 0 aromatic heterocycles. The van der Waals surface area contributed by atoms with Gasteiger partial charge in [-0.2, -0.15) is 0 Å². The molecule has 0 N–H and O–H groups in total. The Morgan fingerprint density at radius 3 is 2.52 bits per heavy atom. The van der Waals surface area contributed by atoms with Crippen LogP contribution in [0.1, 0.15) is 10.4 Å². The van der Waals surface area contributed by atoms with Gasteiger partial charge in [0, 0.05) is 15.5 Å². The van der Waals surface area contributed by atoms with Gasteiger partial charge in [0.15, 0.2) is 5.78 Å². The van der Waals surface area contributed by atoms with Crippen molar-refractivity contribution in [3.8, 4) is 5.75 Å². The van der Waals surface area contributed by atoms with Gasteiger partial charge in [-0.05, 0) is 53.9 Å². The first-order valence-corrected chi connectivity index (χ1v) is 7.70. The number of halogens is 2. The van der Waals surface area contributed by atoms with E-state index in [0.717, 1.165) is 10.6 Å². The molecule has 0 aliphatic rings. The first-order chi connectivity index (χ1) is 10.1. The van der Waals surface area contributed by atoms with Crippen LogP contribution in [0.25, 0.3) is 0 Å². The van der Waals surface area contributed by atoms with E-state index in [9.17, 15) is 4.79 Å². The number of ether oxygens (including phenoxy) is 1. The van der Waals surface area contributed by atoms with E-state index in [0.29, 0.717) is 15.6 Å². The maximum Gasteiger partial charge on any atom is 0.186 e. The third-order valence-electron chi connectivity index (χ3n) is 2.68. The Bertz CT molecular complexity index is 666. The van der Waals surface area contributed by atoms with E-state index in [2.05, 4.69) is 0 Å². The van der Waals surface area contributed by atoms with E-state index >= 15 is 0 Å². The smallest absolute Gasteiger partial charge is 0.186 e. The van der Waals surface area contributed by atoms with Crippen molar-refractivity contribution in [1.29, 1.82) is 0 Å². The molecule has 0 aliphatic carbocycles. The Kier molecular flexibility index (Phi) is 5.74. The fourth-order valence-electron chi connectivity index (χ4n) is 1.59. The van der Waals surface area contributed by atoms with Crippen molar-refractivity contribution < 1.29 is 9.53 Å². The van der Waals surface area contributed by atoms with Crippen LogP contribution in [-0.2, 0) is 0 Å². The summed E-state index contributed by atoms with van der Waals surface area (Å²) in [4.78, 5) is 12.8. The summed E-state index contributed by atoms with van der Waals surface area (Å²) in [5.74, 6) is 0.638. The summed E-state index contributed by atoms with van der Waals surface area (Å²) in [6.45, 7) is 0. The number of methoxy groups -OCH3 is 1. The van der Waals surface area contributed by atoms with Crippen molar-refractivity contribution in [2.24, 2.45) is 0 Å². The molecule has 21 heavy (non-hydrogen) atoms. The fraction of sp³-hybridized carbons (Fsp3) is 0.0625. The van der Waals surface area contributed by atoms with E-state index in [-0.39, 0.29) is 5.78 Å². The maximum absolute atomic E-state index is 12.0. The van der Waals surface area contributed by atoms with Crippen molar-refractivity contribution in [2.45, 2.75) is 4.90 Å². The Morgan fingerprint density at radius 2 is 1.86 bits per heavy atom. The summed E-state index contributed by atoms with van der Waals surface area (Å²) in [7, 11) is 1.59. The highest BCUT2D eigenvalue weighted by atomic mass is 35.5. The van der Waals surface area contributed by atoms with Crippen LogP contribution < -0.4 is 4.74 Å². The molecule has 0 amide bonds. The summed E-state index contributed by atoms with van der Waals surface area (Å²) in [5, 5.41) is 2.91. The SMILES string of the molecule is COc1ccc(C(=O)C=CSc2cc(Cl)ccc2Cl)cc1. The molecule has 0 saturated heterocycles. The van der Waals surface area contributed by atoms with Crippen molar-refractivity contribution in [1.82, 2.24) is 0 Å². The van der Waals surface area contributed by atoms with Gasteiger partial charge in [-0.3, -0.25) is 4.79 Å². The second-order valence-electron chi connectivity index (χ2n) is 4.09. The van der Waals surface area contributed by atoms with Gasteiger partial charge in [0.2, 0.25) is 0 Å². The number of ketones is 1. The number of hydrogen-bond acceptors (Lipinski definition) is 3. The Hall–Kier alpha value is -1.42. The maximum atomic E-state index is 12.0. The lowest BCUT2D eigenvalue weighted by molar-refractivity contribution is 0.104. The Balaban J connectivity index is 2.03. The lowest BCUT2D eigenvalue weighted by atomic mass is 10.1. The van der Waals surface area contributed by atoms with E-state index in [1.54, 1.807) is 55.0 Å². The molecule has 2 nitrogen and oxygen atoms in total. The number of allylic oxidation sites excluding steroid dienone is 1. The number of benzene rings is 2. The van der Waals surface area contributed by atoms with E-state index in [1.165, 1.54) is 17.8 Å². The molecule has 0 aliphatic heterocycles. The molecule has 0 saturated carbocycles. The lowest BCUT2D eigenvalue weighted by Crippen LogP contribution is -1.93. The van der Waals surface area contributed by atoms with Gasteiger partial charge in [-0.25, -0.2) is 0 Å². The number of carbonyl (C=O) groups is 1. The topological polar surface area (TPSA) is 26.3 Å². The molecule has 2 aromatic carbocycles. The quantitative estimate of drug-likeness (QED) is 0.409. The highest BCUT2D eigenvalue weighted by Gasteiger charge is 2.03. The second kappa shape index (κ2) is 7.55. The van der Waals surface area contributed by atoms with E-state index in [1.807, 2.05) is 0 Å². The molecular weight excluding hydrogens is 327 g/mol. The highest BCUT2D eigenvalue weighted by molar-refractivity contribution is 8.02. The van der Waals surface area contributed by atoms with Crippen molar-refractivity contribution in [2.75, 3.05) is 7.11 Å². The molecular formula is C16H12Cl2O2S. The minimum Gasteiger partial charge on any atom is -0.497 e. The van der Waals surface area contributed by atoms with Crippen LogP contribution >= 0.6 is 35.0 Å². The van der Waals surface area contributed by atoms with Crippen LogP contribution in [0.3, 0.4) is 0 Å². The monoisotopic (exact) mass is 338 g/mol. The van der Waals surface area contributed by atoms with Crippen LogP contribution in [0, 0.1) is 0 Å². The van der Waals surface area contributed by atoms with Crippen molar-refractivity contribution in [3.63, 3.8) is 0 Å². The number of hydrogen-bond donors (Lipinski definition) is 0. The third kappa shape index (κ3) is 4.53. The molecule has 0 atom stereocenters. The minimum absolute atomic E-state index is 0.0803. The number of thioether (sulfide) groups is 1. The third-order valence-corrected chi connectivity index (χ3v) is 4.22. The summed E-state index contributed by atoms with van der Waals surface area (Å²) in [5.41, 5.74) is 0.602. The van der Waals surface area contributed by atoms with Gasteiger partial charge in [-0.15, -0.1) is 0 Å². The molecule has 2 aromatic rings. The molecule has 0 radical (unpaired) electrons. The normalized spacial score (nSPS) is 10.8. The zero-order chi connectivity index (χ0) is 15.2. The summed E-state index contributed by atoms with van der Waals surface area (Å²) in [6, 6.07) is 12.2. The van der Waals surface area contributed by atoms with Gasteiger partial charge in [0.1, 0.15) is 5.75 Å². The molecule has 2 rings (SSSR count). The van der Waals surface area contributed by atoms with Gasteiger partial charge in [-0.1, -0.05) is 35.0 Å². The van der Waals surface area contributed by atoms with Crippen LogP contribution in [0.15, 0.2) is 58.8 Å². The van der Waals surface area contributed by atoms with E-state index in [4.69, 9.17) is 27.9 Å². The Labute approximate surface area is 137 Å². The van der Waals surface area contributed by atoms with Crippen molar-refractivity contribution >= 4 is 40.7 Å². The molecule has 0 spiro atoms. The molecule has 0 heterocycles. The van der Waals surface area contributed by atoms with Gasteiger partial charge in [0.05, 0.1) is 12.1 Å². The second-order valence-corrected chi connectivity index (χ2v) is 5.88. The molecule has 0 bridgehead atoms. The standard InChI is InChI=1S/C16H12Cl2O2S/c1-20-13-5-2-11(3-6-13)15(19)8-9-21-16-10-12(17)4-7-14(16)18/h2-10H,1H3. The van der Waals surface area contributed by atoms with Crippen LogP contribution in [0.2, 0.25) is 10.0 Å². The van der Waals surface area contributed by atoms with Crippen molar-refractivity contribution in [3.05, 3.63) is 69.6 Å². The first-order valence-electron chi connectivity index (χ1n) is 6.07. The minimum atomic E-state index is -0.0803. The number of rotatable bonds is 5. The summed E-state index contributed by atoms with van der Waals surface area (Å²) < 4.78 is 5.05. The largest absolute Gasteiger partial charge is 0.497 e. The Morgan fingerprint density at radius 1 is 1.14 bits per heavy atom. The molecule has 5 heteroatoms. The van der Waals surface area contributed by atoms with Crippen LogP contribution in [0.5, 0.6) is 5.75 Å². The number of carbonyl (C=O) groups excluding carboxylic acids is 1. The average molecular weight is 339 g/mol. The average Bonchev–Trinajstić information content (AvgIpc) is 2.50. The van der Waals surface area contributed by atoms with Gasteiger partial charge >= 0.3 is 0 Å². The van der Waals surface area contributed by atoms with Crippen LogP contribution in [-0.4, -0.2) is 12.9 Å². The lowest BCUT2D eigenvalue weighted by Gasteiger charge is -2.01. The zero-order valence-corrected chi connectivity index (χ0v) is 13.5. The summed E-state index contributed by atoms with van der Waals surface area (Å²) in [6.07, 6.45) is 1.50. The fourth-order valence-corrected chi connectivity index (χ4v) is 2.79. The first kappa shape index (κ1) is 16.0. The predicted molar refractivity (Wildman–Crippen MR) is 88.8 cm³/mol. The molecule has 0 fully saturated rings. The highest BCUT2D eigenvalue weighted by Crippen LogP contribution is 2.30. The van der Waals surface area contributed by atoms with Crippen LogP contribution in [0.4, 0.5) is 0 Å². The van der Waals surface area contributed by atoms with Gasteiger partial charge < -0.3 is 4.74 Å².